The maximum Gasteiger partial charge on any atom is 0.409 e. The van der Waals surface area contributed by atoms with Gasteiger partial charge in [-0.25, -0.2) is 9.48 Å². The molecule has 10 heteroatoms. The summed E-state index contributed by atoms with van der Waals surface area (Å²) in [6, 6.07) is 23.6. The molecule has 0 saturated carbocycles. The number of hydrogen-bond acceptors (Lipinski definition) is 7. The first kappa shape index (κ1) is 26.9. The molecule has 0 unspecified atom stereocenters. The Balaban J connectivity index is 1.18. The summed E-state index contributed by atoms with van der Waals surface area (Å²) in [5.41, 5.74) is 10.9. The standard InChI is InChI=1S/C30H33N7O3/c1-3-29(38)37-20(2)16-27(26-6-4-5-7-28(26)37)33-22-10-12-24(13-11-22)36-19-23(34-35-36)18-32-17-21-8-14-25(15-9-21)40-30(31)39/h4-15,19-20,27,32-33H,3,16-18H2,1-2H3,(H2,31,39)/t20-,27+/m0/s1. The Morgan fingerprint density at radius 3 is 2.50 bits per heavy atom. The Bertz CT molecular complexity index is 1470. The number of carbonyl (C=O) groups is 2. The first-order chi connectivity index (χ1) is 19.4. The van der Waals surface area contributed by atoms with Crippen molar-refractivity contribution in [2.24, 2.45) is 5.73 Å². The van der Waals surface area contributed by atoms with Crippen LogP contribution in [0.25, 0.3) is 5.69 Å². The van der Waals surface area contributed by atoms with Crippen LogP contribution in [-0.4, -0.2) is 33.0 Å². The fourth-order valence-corrected chi connectivity index (χ4v) is 5.04. The van der Waals surface area contributed by atoms with Crippen molar-refractivity contribution in [2.75, 3.05) is 10.2 Å². The van der Waals surface area contributed by atoms with E-state index in [1.54, 1.807) is 16.8 Å². The SMILES string of the molecule is CCC(=O)N1c2ccccc2[C@H](Nc2ccc(-n3cc(CNCc4ccc(OC(N)=O)cc4)nn3)cc2)C[C@@H]1C. The monoisotopic (exact) mass is 539 g/mol. The molecule has 3 aromatic carbocycles. The third-order valence-corrected chi connectivity index (χ3v) is 6.95. The lowest BCUT2D eigenvalue weighted by Crippen LogP contribution is -2.44. The number of anilines is 2. The summed E-state index contributed by atoms with van der Waals surface area (Å²) in [5.74, 6) is 0.560. The van der Waals surface area contributed by atoms with Gasteiger partial charge in [-0.05, 0) is 66.9 Å². The number of aromatic nitrogens is 3. The van der Waals surface area contributed by atoms with Gasteiger partial charge in [-0.3, -0.25) is 4.79 Å². The Morgan fingerprint density at radius 2 is 1.77 bits per heavy atom. The lowest BCUT2D eigenvalue weighted by Gasteiger charge is -2.40. The Morgan fingerprint density at radius 1 is 1.02 bits per heavy atom. The van der Waals surface area contributed by atoms with E-state index in [9.17, 15) is 9.59 Å². The second kappa shape index (κ2) is 12.0. The van der Waals surface area contributed by atoms with Gasteiger partial charge in [0.2, 0.25) is 5.91 Å². The van der Waals surface area contributed by atoms with Crippen LogP contribution in [0.4, 0.5) is 16.2 Å². The quantitative estimate of drug-likeness (QED) is 0.281. The highest BCUT2D eigenvalue weighted by molar-refractivity contribution is 5.95. The van der Waals surface area contributed by atoms with Crippen molar-refractivity contribution in [3.63, 3.8) is 0 Å². The maximum atomic E-state index is 12.6. The summed E-state index contributed by atoms with van der Waals surface area (Å²) in [6.07, 6.45) is 2.39. The number of benzene rings is 3. The van der Waals surface area contributed by atoms with Crippen LogP contribution in [-0.2, 0) is 17.9 Å². The molecule has 206 valence electrons. The Labute approximate surface area is 233 Å². The molecule has 0 spiro atoms. The van der Waals surface area contributed by atoms with Crippen LogP contribution in [0.15, 0.2) is 79.0 Å². The zero-order chi connectivity index (χ0) is 28.1. The van der Waals surface area contributed by atoms with Gasteiger partial charge < -0.3 is 26.0 Å². The second-order valence-corrected chi connectivity index (χ2v) is 9.83. The van der Waals surface area contributed by atoms with Gasteiger partial charge in [0, 0.05) is 36.9 Å². The number of ether oxygens (including phenoxy) is 1. The molecule has 0 bridgehead atoms. The van der Waals surface area contributed by atoms with E-state index in [0.717, 1.165) is 40.3 Å². The molecule has 0 radical (unpaired) electrons. The van der Waals surface area contributed by atoms with Crippen molar-refractivity contribution in [3.8, 4) is 11.4 Å². The number of para-hydroxylation sites is 1. The van der Waals surface area contributed by atoms with Gasteiger partial charge in [0.15, 0.2) is 0 Å². The van der Waals surface area contributed by atoms with Crippen molar-refractivity contribution in [1.82, 2.24) is 20.3 Å². The molecule has 1 aliphatic heterocycles. The number of carbonyl (C=O) groups excluding carboxylic acids is 2. The normalized spacial score (nSPS) is 16.3. The first-order valence-electron chi connectivity index (χ1n) is 13.4. The van der Waals surface area contributed by atoms with E-state index in [-0.39, 0.29) is 18.0 Å². The number of hydrogen-bond donors (Lipinski definition) is 3. The van der Waals surface area contributed by atoms with Crippen molar-refractivity contribution in [3.05, 3.63) is 95.8 Å². The molecular formula is C30H33N7O3. The third kappa shape index (κ3) is 6.13. The minimum Gasteiger partial charge on any atom is -0.411 e. The van der Waals surface area contributed by atoms with Gasteiger partial charge >= 0.3 is 6.09 Å². The van der Waals surface area contributed by atoms with Crippen molar-refractivity contribution < 1.29 is 14.3 Å². The van der Waals surface area contributed by atoms with Gasteiger partial charge in [-0.1, -0.05) is 42.5 Å². The second-order valence-electron chi connectivity index (χ2n) is 9.83. The smallest absolute Gasteiger partial charge is 0.409 e. The van der Waals surface area contributed by atoms with E-state index in [2.05, 4.69) is 33.9 Å². The number of nitrogens with one attached hydrogen (secondary N) is 2. The molecule has 4 aromatic rings. The largest absolute Gasteiger partial charge is 0.411 e. The molecular weight excluding hydrogens is 506 g/mol. The van der Waals surface area contributed by atoms with E-state index < -0.39 is 6.09 Å². The average Bonchev–Trinajstić information content (AvgIpc) is 3.43. The molecule has 5 rings (SSSR count). The zero-order valence-corrected chi connectivity index (χ0v) is 22.6. The number of primary amides is 1. The van der Waals surface area contributed by atoms with Crippen LogP contribution in [0, 0.1) is 0 Å². The predicted octanol–water partition coefficient (Wildman–Crippen LogP) is 4.70. The van der Waals surface area contributed by atoms with Gasteiger partial charge in [0.25, 0.3) is 0 Å². The van der Waals surface area contributed by atoms with Gasteiger partial charge in [0.05, 0.1) is 23.6 Å². The topological polar surface area (TPSA) is 127 Å². The van der Waals surface area contributed by atoms with Crippen LogP contribution in [0.5, 0.6) is 5.75 Å². The predicted molar refractivity (Wildman–Crippen MR) is 153 cm³/mol. The van der Waals surface area contributed by atoms with Crippen LogP contribution < -0.4 is 26.0 Å². The highest BCUT2D eigenvalue weighted by atomic mass is 16.5. The number of fused-ring (bicyclic) bond motifs is 1. The summed E-state index contributed by atoms with van der Waals surface area (Å²) in [7, 11) is 0. The highest BCUT2D eigenvalue weighted by Gasteiger charge is 2.32. The van der Waals surface area contributed by atoms with Crippen molar-refractivity contribution >= 4 is 23.4 Å². The van der Waals surface area contributed by atoms with Gasteiger partial charge in [-0.2, -0.15) is 0 Å². The van der Waals surface area contributed by atoms with Crippen LogP contribution in [0.2, 0.25) is 0 Å². The van der Waals surface area contributed by atoms with E-state index in [1.165, 1.54) is 0 Å². The number of rotatable bonds is 9. The first-order valence-corrected chi connectivity index (χ1v) is 13.4. The van der Waals surface area contributed by atoms with E-state index in [4.69, 9.17) is 10.5 Å². The molecule has 0 fully saturated rings. The molecule has 4 N–H and O–H groups in total. The molecule has 2 heterocycles. The van der Waals surface area contributed by atoms with E-state index >= 15 is 0 Å². The third-order valence-electron chi connectivity index (χ3n) is 6.95. The maximum absolute atomic E-state index is 12.6. The summed E-state index contributed by atoms with van der Waals surface area (Å²) in [4.78, 5) is 25.4. The van der Waals surface area contributed by atoms with Crippen LogP contribution in [0.1, 0.15) is 49.6 Å². The fraction of sp³-hybridized carbons (Fsp3) is 0.267. The summed E-state index contributed by atoms with van der Waals surface area (Å²) < 4.78 is 6.60. The van der Waals surface area contributed by atoms with Gasteiger partial charge in [0.1, 0.15) is 5.75 Å². The minimum absolute atomic E-state index is 0.105. The Hall–Kier alpha value is -4.70. The Kier molecular flexibility index (Phi) is 8.07. The fourth-order valence-electron chi connectivity index (χ4n) is 5.04. The number of nitrogens with two attached hydrogens (primary N) is 1. The zero-order valence-electron chi connectivity index (χ0n) is 22.6. The highest BCUT2D eigenvalue weighted by Crippen LogP contribution is 2.39. The summed E-state index contributed by atoms with van der Waals surface area (Å²) in [6.45, 7) is 5.19. The lowest BCUT2D eigenvalue weighted by molar-refractivity contribution is -0.118. The number of nitrogens with zero attached hydrogens (tertiary/aromatic N) is 4. The molecule has 40 heavy (non-hydrogen) atoms. The van der Waals surface area contributed by atoms with E-state index in [0.29, 0.717) is 25.3 Å². The number of amides is 2. The molecule has 2 atom stereocenters. The molecule has 0 aliphatic carbocycles. The summed E-state index contributed by atoms with van der Waals surface area (Å²) in [5, 5.41) is 15.6. The van der Waals surface area contributed by atoms with Crippen LogP contribution >= 0.6 is 0 Å². The summed E-state index contributed by atoms with van der Waals surface area (Å²) >= 11 is 0. The molecule has 1 aliphatic rings. The molecule has 10 nitrogen and oxygen atoms in total. The van der Waals surface area contributed by atoms with E-state index in [1.807, 2.05) is 72.6 Å². The van der Waals surface area contributed by atoms with Crippen molar-refractivity contribution in [1.29, 1.82) is 0 Å². The average molecular weight is 540 g/mol. The molecule has 1 aromatic heterocycles. The van der Waals surface area contributed by atoms with Crippen molar-refractivity contribution in [2.45, 2.75) is 51.9 Å². The van der Waals surface area contributed by atoms with Crippen LogP contribution in [0.3, 0.4) is 0 Å². The lowest BCUT2D eigenvalue weighted by atomic mass is 9.91. The molecule has 0 saturated heterocycles. The van der Waals surface area contributed by atoms with Gasteiger partial charge in [-0.15, -0.1) is 5.10 Å². The minimum atomic E-state index is -0.831. The molecule has 2 amide bonds.